The van der Waals surface area contributed by atoms with Crippen molar-refractivity contribution in [2.75, 3.05) is 12.4 Å². The first-order valence-electron chi connectivity index (χ1n) is 6.24. The van der Waals surface area contributed by atoms with E-state index in [1.807, 2.05) is 0 Å². The largest absolute Gasteiger partial charge is 0.465 e. The number of hydrogen-bond acceptors (Lipinski definition) is 3. The molecule has 102 valence electrons. The van der Waals surface area contributed by atoms with Crippen LogP contribution in [0.4, 0.5) is 10.1 Å². The Kier molecular flexibility index (Phi) is 3.83. The molecule has 0 spiro atoms. The van der Waals surface area contributed by atoms with Crippen LogP contribution in [0.15, 0.2) is 6.07 Å². The summed E-state index contributed by atoms with van der Waals surface area (Å²) in [5.41, 5.74) is 1.99. The van der Waals surface area contributed by atoms with Gasteiger partial charge in [-0.25, -0.2) is 9.18 Å². The third kappa shape index (κ3) is 2.59. The van der Waals surface area contributed by atoms with Crippen molar-refractivity contribution >= 4 is 17.6 Å². The van der Waals surface area contributed by atoms with Crippen LogP contribution >= 0.6 is 0 Å². The summed E-state index contributed by atoms with van der Waals surface area (Å²) >= 11 is 0. The monoisotopic (exact) mass is 265 g/mol. The van der Waals surface area contributed by atoms with Crippen molar-refractivity contribution in [3.05, 3.63) is 28.6 Å². The van der Waals surface area contributed by atoms with Gasteiger partial charge in [-0.2, -0.15) is 0 Å². The second kappa shape index (κ2) is 5.38. The van der Waals surface area contributed by atoms with Gasteiger partial charge in [-0.05, 0) is 42.9 Å². The Hall–Kier alpha value is -1.91. The maximum absolute atomic E-state index is 14.1. The summed E-state index contributed by atoms with van der Waals surface area (Å²) in [6.45, 7) is 1.34. The average molecular weight is 265 g/mol. The Bertz CT molecular complexity index is 540. The van der Waals surface area contributed by atoms with Crippen molar-refractivity contribution in [2.45, 2.75) is 32.6 Å². The van der Waals surface area contributed by atoms with Crippen LogP contribution in [0.2, 0.25) is 0 Å². The van der Waals surface area contributed by atoms with Crippen LogP contribution in [0, 0.1) is 5.82 Å². The van der Waals surface area contributed by atoms with E-state index in [-0.39, 0.29) is 17.2 Å². The molecule has 0 radical (unpaired) electrons. The molecule has 1 aromatic carbocycles. The number of fused-ring (bicyclic) bond motifs is 1. The Morgan fingerprint density at radius 3 is 2.47 bits per heavy atom. The summed E-state index contributed by atoms with van der Waals surface area (Å²) in [7, 11) is 1.27. The first-order chi connectivity index (χ1) is 9.04. The van der Waals surface area contributed by atoms with E-state index in [9.17, 15) is 14.0 Å². The smallest absolute Gasteiger partial charge is 0.338 e. The maximum Gasteiger partial charge on any atom is 0.338 e. The van der Waals surface area contributed by atoms with Gasteiger partial charge in [0, 0.05) is 6.92 Å². The Morgan fingerprint density at radius 1 is 1.26 bits per heavy atom. The van der Waals surface area contributed by atoms with Gasteiger partial charge in [0.2, 0.25) is 5.91 Å². The lowest BCUT2D eigenvalue weighted by Crippen LogP contribution is -2.18. The second-order valence-electron chi connectivity index (χ2n) is 4.62. The summed E-state index contributed by atoms with van der Waals surface area (Å²) < 4.78 is 18.8. The maximum atomic E-state index is 14.1. The molecule has 2 rings (SSSR count). The van der Waals surface area contributed by atoms with Crippen LogP contribution in [0.3, 0.4) is 0 Å². The number of rotatable bonds is 2. The van der Waals surface area contributed by atoms with Crippen molar-refractivity contribution in [1.82, 2.24) is 0 Å². The van der Waals surface area contributed by atoms with Crippen LogP contribution < -0.4 is 5.32 Å². The predicted molar refractivity (Wildman–Crippen MR) is 68.7 cm³/mol. The molecule has 0 aliphatic heterocycles. The number of halogens is 1. The van der Waals surface area contributed by atoms with Gasteiger partial charge in [0.1, 0.15) is 5.82 Å². The molecule has 0 saturated carbocycles. The fourth-order valence-corrected chi connectivity index (χ4v) is 2.51. The standard InChI is InChI=1S/C14H16FNO3/c1-8(17)16-13-10-6-4-3-5-9(10)11(7-12(13)15)14(18)19-2/h7H,3-6H2,1-2H3,(H,16,17). The van der Waals surface area contributed by atoms with Crippen molar-refractivity contribution < 1.29 is 18.7 Å². The van der Waals surface area contributed by atoms with Crippen molar-refractivity contribution in [3.63, 3.8) is 0 Å². The molecular formula is C14H16FNO3. The second-order valence-corrected chi connectivity index (χ2v) is 4.62. The minimum Gasteiger partial charge on any atom is -0.465 e. The third-order valence-electron chi connectivity index (χ3n) is 3.31. The van der Waals surface area contributed by atoms with Crippen LogP contribution in [0.5, 0.6) is 0 Å². The molecule has 1 amide bonds. The molecule has 1 aliphatic rings. The molecule has 0 saturated heterocycles. The van der Waals surface area contributed by atoms with E-state index < -0.39 is 11.8 Å². The van der Waals surface area contributed by atoms with E-state index in [1.54, 1.807) is 0 Å². The van der Waals surface area contributed by atoms with E-state index in [0.29, 0.717) is 12.8 Å². The van der Waals surface area contributed by atoms with Crippen molar-refractivity contribution in [1.29, 1.82) is 0 Å². The number of nitrogens with one attached hydrogen (secondary N) is 1. The van der Waals surface area contributed by atoms with Gasteiger partial charge in [0.25, 0.3) is 0 Å². The van der Waals surface area contributed by atoms with E-state index in [0.717, 1.165) is 30.0 Å². The van der Waals surface area contributed by atoms with Gasteiger partial charge >= 0.3 is 5.97 Å². The minimum absolute atomic E-state index is 0.204. The number of methoxy groups -OCH3 is 1. The van der Waals surface area contributed by atoms with E-state index >= 15 is 0 Å². The van der Waals surface area contributed by atoms with Gasteiger partial charge in [-0.1, -0.05) is 0 Å². The van der Waals surface area contributed by atoms with Crippen molar-refractivity contribution in [2.24, 2.45) is 0 Å². The summed E-state index contributed by atoms with van der Waals surface area (Å²) in [5.74, 6) is -1.44. The normalized spacial score (nSPS) is 13.6. The summed E-state index contributed by atoms with van der Waals surface area (Å²) in [6, 6.07) is 1.15. The molecule has 0 aromatic heterocycles. The SMILES string of the molecule is COC(=O)c1cc(F)c(NC(C)=O)c2c1CCCC2. The molecule has 1 aliphatic carbocycles. The van der Waals surface area contributed by atoms with Crippen molar-refractivity contribution in [3.8, 4) is 0 Å². The van der Waals surface area contributed by atoms with Gasteiger partial charge < -0.3 is 10.1 Å². The first kappa shape index (κ1) is 13.5. The number of hydrogen-bond donors (Lipinski definition) is 1. The van der Waals surface area contributed by atoms with Gasteiger partial charge in [-0.15, -0.1) is 0 Å². The molecule has 0 fully saturated rings. The number of amides is 1. The average Bonchev–Trinajstić information content (AvgIpc) is 2.40. The lowest BCUT2D eigenvalue weighted by atomic mass is 9.86. The molecule has 0 bridgehead atoms. The number of anilines is 1. The van der Waals surface area contributed by atoms with E-state index in [4.69, 9.17) is 0 Å². The van der Waals surface area contributed by atoms with Gasteiger partial charge in [0.15, 0.2) is 0 Å². The molecular weight excluding hydrogens is 249 g/mol. The number of carbonyl (C=O) groups excluding carboxylic acids is 2. The highest BCUT2D eigenvalue weighted by Crippen LogP contribution is 2.33. The minimum atomic E-state index is -0.587. The molecule has 19 heavy (non-hydrogen) atoms. The molecule has 0 unspecified atom stereocenters. The molecule has 5 heteroatoms. The highest BCUT2D eigenvalue weighted by molar-refractivity contribution is 5.95. The highest BCUT2D eigenvalue weighted by atomic mass is 19.1. The zero-order chi connectivity index (χ0) is 14.0. The van der Waals surface area contributed by atoms with Crippen LogP contribution in [0.25, 0.3) is 0 Å². The Balaban J connectivity index is 2.59. The fourth-order valence-electron chi connectivity index (χ4n) is 2.51. The topological polar surface area (TPSA) is 55.4 Å². The lowest BCUT2D eigenvalue weighted by Gasteiger charge is -2.22. The number of carbonyl (C=O) groups is 2. The van der Waals surface area contributed by atoms with E-state index in [2.05, 4.69) is 10.1 Å². The Labute approximate surface area is 110 Å². The number of benzene rings is 1. The summed E-state index contributed by atoms with van der Waals surface area (Å²) in [5, 5.41) is 2.52. The number of ether oxygens (including phenoxy) is 1. The quantitative estimate of drug-likeness (QED) is 0.836. The highest BCUT2D eigenvalue weighted by Gasteiger charge is 2.24. The van der Waals surface area contributed by atoms with Gasteiger partial charge in [0.05, 0.1) is 18.4 Å². The van der Waals surface area contributed by atoms with Crippen LogP contribution in [-0.2, 0) is 22.4 Å². The van der Waals surface area contributed by atoms with Crippen LogP contribution in [0.1, 0.15) is 41.3 Å². The van der Waals surface area contributed by atoms with Crippen LogP contribution in [-0.4, -0.2) is 19.0 Å². The summed E-state index contributed by atoms with van der Waals surface area (Å²) in [4.78, 5) is 22.9. The first-order valence-corrected chi connectivity index (χ1v) is 6.24. The molecule has 1 N–H and O–H groups in total. The fraction of sp³-hybridized carbons (Fsp3) is 0.429. The summed E-state index contributed by atoms with van der Waals surface area (Å²) in [6.07, 6.45) is 3.23. The lowest BCUT2D eigenvalue weighted by molar-refractivity contribution is -0.114. The molecule has 0 heterocycles. The molecule has 4 nitrogen and oxygen atoms in total. The third-order valence-corrected chi connectivity index (χ3v) is 3.31. The zero-order valence-corrected chi connectivity index (χ0v) is 11.0. The Morgan fingerprint density at radius 2 is 1.89 bits per heavy atom. The molecule has 0 atom stereocenters. The predicted octanol–water partition coefficient (Wildman–Crippen LogP) is 2.45. The van der Waals surface area contributed by atoms with E-state index in [1.165, 1.54) is 14.0 Å². The molecule has 1 aromatic rings. The van der Waals surface area contributed by atoms with Gasteiger partial charge in [-0.3, -0.25) is 4.79 Å². The number of esters is 1. The zero-order valence-electron chi connectivity index (χ0n) is 11.0.